The van der Waals surface area contributed by atoms with Crippen molar-refractivity contribution in [2.45, 2.75) is 12.8 Å². The van der Waals surface area contributed by atoms with Crippen LogP contribution in [0, 0.1) is 5.82 Å². The van der Waals surface area contributed by atoms with Gasteiger partial charge in [0.1, 0.15) is 18.2 Å². The van der Waals surface area contributed by atoms with Crippen molar-refractivity contribution < 1.29 is 18.7 Å². The fraction of sp³-hybridized carbons (Fsp3) is 0.0714. The number of ether oxygens (including phenoxy) is 1. The molecule has 1 aliphatic heterocycles. The van der Waals surface area contributed by atoms with Gasteiger partial charge in [0.05, 0.1) is 32.7 Å². The van der Waals surface area contributed by atoms with Gasteiger partial charge in [0.25, 0.3) is 11.8 Å². The van der Waals surface area contributed by atoms with Crippen molar-refractivity contribution in [3.8, 4) is 5.75 Å². The van der Waals surface area contributed by atoms with Gasteiger partial charge in [0.2, 0.25) is 6.17 Å². The van der Waals surface area contributed by atoms with Gasteiger partial charge in [0, 0.05) is 22.3 Å². The zero-order chi connectivity index (χ0) is 27.5. The lowest BCUT2D eigenvalue weighted by Crippen LogP contribution is -2.42. The quantitative estimate of drug-likeness (QED) is 0.278. The Bertz CT molecular complexity index is 1590. The number of halogens is 4. The van der Waals surface area contributed by atoms with E-state index in [9.17, 15) is 14.0 Å². The zero-order valence-corrected chi connectivity index (χ0v) is 22.2. The van der Waals surface area contributed by atoms with Crippen molar-refractivity contribution in [3.63, 3.8) is 0 Å². The van der Waals surface area contributed by atoms with Crippen LogP contribution in [-0.2, 0) is 11.4 Å². The lowest BCUT2D eigenvalue weighted by atomic mass is 10.0. The maximum Gasteiger partial charge on any atom is 0.269 e. The predicted octanol–water partition coefficient (Wildman–Crippen LogP) is 6.31. The second-order valence-electron chi connectivity index (χ2n) is 8.38. The molecule has 0 saturated carbocycles. The van der Waals surface area contributed by atoms with E-state index in [-0.39, 0.29) is 33.7 Å². The largest absolute Gasteiger partial charge is 0.486 e. The minimum atomic E-state index is -1.42. The van der Waals surface area contributed by atoms with Gasteiger partial charge in [-0.1, -0.05) is 59.1 Å². The van der Waals surface area contributed by atoms with Crippen LogP contribution in [0.5, 0.6) is 5.75 Å². The molecule has 1 aliphatic rings. The molecule has 1 aromatic heterocycles. The highest BCUT2D eigenvalue weighted by atomic mass is 35.5. The van der Waals surface area contributed by atoms with Gasteiger partial charge in [-0.15, -0.1) is 0 Å². The number of rotatable bonds is 6. The molecule has 5 rings (SSSR count). The molecule has 0 fully saturated rings. The molecule has 4 aromatic rings. The number of hydrogen-bond acceptors (Lipinski definition) is 5. The summed E-state index contributed by atoms with van der Waals surface area (Å²) in [4.78, 5) is 35.3. The maximum atomic E-state index is 14.2. The van der Waals surface area contributed by atoms with E-state index in [1.807, 2.05) is 0 Å². The molecule has 0 spiro atoms. The summed E-state index contributed by atoms with van der Waals surface area (Å²) < 4.78 is 19.9. The van der Waals surface area contributed by atoms with Crippen molar-refractivity contribution in [2.75, 3.05) is 5.32 Å². The Morgan fingerprint density at radius 2 is 1.74 bits per heavy atom. The van der Waals surface area contributed by atoms with Crippen LogP contribution in [-0.4, -0.2) is 28.7 Å². The molecule has 196 valence electrons. The van der Waals surface area contributed by atoms with E-state index in [1.165, 1.54) is 24.3 Å². The lowest BCUT2D eigenvalue weighted by Gasteiger charge is -2.16. The van der Waals surface area contributed by atoms with Crippen molar-refractivity contribution in [3.05, 3.63) is 122 Å². The number of amides is 2. The molecule has 0 bridgehead atoms. The van der Waals surface area contributed by atoms with Crippen LogP contribution in [0.2, 0.25) is 15.1 Å². The highest BCUT2D eigenvalue weighted by Crippen LogP contribution is 2.34. The van der Waals surface area contributed by atoms with Gasteiger partial charge in [-0.25, -0.2) is 9.38 Å². The van der Waals surface area contributed by atoms with Crippen LogP contribution < -0.4 is 15.4 Å². The smallest absolute Gasteiger partial charge is 0.269 e. The topological polar surface area (TPSA) is 92.7 Å². The number of aliphatic imine (C=N–C) groups is 1. The van der Waals surface area contributed by atoms with Gasteiger partial charge < -0.3 is 15.4 Å². The first-order chi connectivity index (χ1) is 18.8. The number of carbonyl (C=O) groups is 2. The third-order valence-corrected chi connectivity index (χ3v) is 6.56. The molecule has 2 N–H and O–H groups in total. The van der Waals surface area contributed by atoms with E-state index in [0.29, 0.717) is 27.5 Å². The Kier molecular flexibility index (Phi) is 7.79. The van der Waals surface area contributed by atoms with Gasteiger partial charge in [0.15, 0.2) is 0 Å². The molecular formula is C28H18Cl3FN4O3. The van der Waals surface area contributed by atoms with Crippen molar-refractivity contribution in [1.82, 2.24) is 10.3 Å². The Balaban J connectivity index is 1.51. The minimum absolute atomic E-state index is 0.0435. The van der Waals surface area contributed by atoms with Gasteiger partial charge in [-0.2, -0.15) is 0 Å². The average Bonchev–Trinajstić information content (AvgIpc) is 3.04. The Labute approximate surface area is 237 Å². The molecule has 0 radical (unpaired) electrons. The summed E-state index contributed by atoms with van der Waals surface area (Å²) in [5.74, 6) is -1.97. The number of benzene rings is 3. The van der Waals surface area contributed by atoms with Crippen LogP contribution in [0.25, 0.3) is 0 Å². The predicted molar refractivity (Wildman–Crippen MR) is 148 cm³/mol. The first kappa shape index (κ1) is 26.6. The highest BCUT2D eigenvalue weighted by Gasteiger charge is 2.30. The third kappa shape index (κ3) is 5.88. The number of benzodiazepines with no additional fused rings is 1. The monoisotopic (exact) mass is 582 g/mol. The summed E-state index contributed by atoms with van der Waals surface area (Å²) in [5, 5.41) is 6.05. The fourth-order valence-electron chi connectivity index (χ4n) is 3.97. The van der Waals surface area contributed by atoms with E-state index in [0.717, 1.165) is 6.07 Å². The normalized spacial score (nSPS) is 14.5. The second kappa shape index (κ2) is 11.4. The van der Waals surface area contributed by atoms with Crippen molar-refractivity contribution in [2.24, 2.45) is 4.99 Å². The van der Waals surface area contributed by atoms with E-state index >= 15 is 0 Å². The molecule has 2 heterocycles. The van der Waals surface area contributed by atoms with Crippen LogP contribution >= 0.6 is 34.8 Å². The Hall–Kier alpha value is -3.98. The van der Waals surface area contributed by atoms with Crippen molar-refractivity contribution >= 4 is 58.0 Å². The summed E-state index contributed by atoms with van der Waals surface area (Å²) >= 11 is 19.1. The third-order valence-electron chi connectivity index (χ3n) is 5.75. The highest BCUT2D eigenvalue weighted by molar-refractivity contribution is 6.44. The molecule has 1 unspecified atom stereocenters. The standard InChI is InChI=1S/C28H18Cl3FN4O3/c29-15-11-20(30)24(21(31)12-15)25-18-6-1-2-7-22(18)34-28(38)26(35-25)36-27(37)19-13-16(32)8-9-23(19)39-14-17-5-3-4-10-33-17/h1-13,26H,14H2,(H,34,38)(H,36,37). The molecule has 3 aromatic carbocycles. The molecular weight excluding hydrogens is 566 g/mol. The minimum Gasteiger partial charge on any atom is -0.486 e. The molecule has 2 amide bonds. The molecule has 1 atom stereocenters. The first-order valence-corrected chi connectivity index (χ1v) is 12.7. The average molecular weight is 584 g/mol. The SMILES string of the molecule is O=C(NC1N=C(c2c(Cl)cc(Cl)cc2Cl)c2ccccc2NC1=O)c1cc(F)ccc1OCc1ccccn1. The summed E-state index contributed by atoms with van der Waals surface area (Å²) in [7, 11) is 0. The molecule has 0 aliphatic carbocycles. The van der Waals surface area contributed by atoms with E-state index in [1.54, 1.807) is 48.7 Å². The van der Waals surface area contributed by atoms with Crippen LogP contribution in [0.1, 0.15) is 27.2 Å². The van der Waals surface area contributed by atoms with E-state index in [4.69, 9.17) is 39.5 Å². The molecule has 39 heavy (non-hydrogen) atoms. The van der Waals surface area contributed by atoms with Crippen LogP contribution in [0.3, 0.4) is 0 Å². The summed E-state index contributed by atoms with van der Waals surface area (Å²) in [6.45, 7) is 0.0435. The number of para-hydroxylation sites is 1. The van der Waals surface area contributed by atoms with E-state index < -0.39 is 23.8 Å². The number of nitrogens with one attached hydrogen (secondary N) is 2. The summed E-state index contributed by atoms with van der Waals surface area (Å²) in [6, 6.07) is 18.7. The van der Waals surface area contributed by atoms with E-state index in [2.05, 4.69) is 20.6 Å². The van der Waals surface area contributed by atoms with Gasteiger partial charge in [-0.3, -0.25) is 14.6 Å². The van der Waals surface area contributed by atoms with Gasteiger partial charge in [-0.05, 0) is 48.5 Å². The maximum absolute atomic E-state index is 14.2. The first-order valence-electron chi connectivity index (χ1n) is 11.6. The fourth-order valence-corrected chi connectivity index (χ4v) is 4.96. The van der Waals surface area contributed by atoms with Crippen LogP contribution in [0.4, 0.5) is 10.1 Å². The summed E-state index contributed by atoms with van der Waals surface area (Å²) in [6.07, 6.45) is 0.184. The number of carbonyl (C=O) groups excluding carboxylic acids is 2. The van der Waals surface area contributed by atoms with Crippen LogP contribution in [0.15, 0.2) is 84.0 Å². The molecule has 11 heteroatoms. The number of hydrogen-bond donors (Lipinski definition) is 2. The van der Waals surface area contributed by atoms with Crippen molar-refractivity contribution in [1.29, 1.82) is 0 Å². The number of nitrogens with zero attached hydrogens (tertiary/aromatic N) is 2. The number of anilines is 1. The number of aromatic nitrogens is 1. The molecule has 7 nitrogen and oxygen atoms in total. The molecule has 0 saturated heterocycles. The Morgan fingerprint density at radius 1 is 1.00 bits per heavy atom. The zero-order valence-electron chi connectivity index (χ0n) is 19.9. The van der Waals surface area contributed by atoms with Gasteiger partial charge >= 0.3 is 0 Å². The summed E-state index contributed by atoms with van der Waals surface area (Å²) in [5.41, 5.74) is 2.03. The lowest BCUT2D eigenvalue weighted by molar-refractivity contribution is -0.117. The number of pyridine rings is 1. The Morgan fingerprint density at radius 3 is 2.49 bits per heavy atom. The number of fused-ring (bicyclic) bond motifs is 1. The second-order valence-corrected chi connectivity index (χ2v) is 9.63.